The van der Waals surface area contributed by atoms with Gasteiger partial charge in [-0.25, -0.2) is 0 Å². The number of fused-ring (bicyclic) bond motifs is 1. The molecule has 2 atom stereocenters. The van der Waals surface area contributed by atoms with E-state index < -0.39 is 0 Å². The van der Waals surface area contributed by atoms with Crippen molar-refractivity contribution >= 4 is 5.69 Å². The predicted molar refractivity (Wildman–Crippen MR) is 79.7 cm³/mol. The smallest absolute Gasteiger partial charge is 0.0519 e. The first-order chi connectivity index (χ1) is 9.36. The minimum absolute atomic E-state index is 0.471. The summed E-state index contributed by atoms with van der Waals surface area (Å²) in [6.07, 6.45) is 3.58. The van der Waals surface area contributed by atoms with Crippen molar-refractivity contribution in [2.75, 3.05) is 5.32 Å². The summed E-state index contributed by atoms with van der Waals surface area (Å²) in [6.45, 7) is 2.31. The Bertz CT molecular complexity index is 629. The van der Waals surface area contributed by atoms with Crippen LogP contribution >= 0.6 is 0 Å². The third kappa shape index (κ3) is 1.61. The van der Waals surface area contributed by atoms with Crippen LogP contribution in [0.3, 0.4) is 0 Å². The van der Waals surface area contributed by atoms with Crippen LogP contribution in [0.5, 0.6) is 0 Å². The summed E-state index contributed by atoms with van der Waals surface area (Å²) in [5.41, 5.74) is 7.42. The third-order valence-electron chi connectivity index (χ3n) is 4.72. The van der Waals surface area contributed by atoms with Crippen molar-refractivity contribution in [1.29, 1.82) is 0 Å². The van der Waals surface area contributed by atoms with E-state index in [0.29, 0.717) is 12.0 Å². The first-order valence-corrected chi connectivity index (χ1v) is 7.35. The summed E-state index contributed by atoms with van der Waals surface area (Å²) in [4.78, 5) is 0. The molecule has 2 unspecified atom stereocenters. The van der Waals surface area contributed by atoms with Gasteiger partial charge in [-0.2, -0.15) is 0 Å². The Morgan fingerprint density at radius 3 is 2.74 bits per heavy atom. The molecule has 3 heterocycles. The topological polar surface area (TPSA) is 12.0 Å². The van der Waals surface area contributed by atoms with Crippen molar-refractivity contribution in [3.05, 3.63) is 64.7 Å². The van der Waals surface area contributed by atoms with Crippen molar-refractivity contribution in [2.45, 2.75) is 38.1 Å². The van der Waals surface area contributed by atoms with E-state index in [1.165, 1.54) is 41.6 Å². The molecule has 2 aromatic rings. The van der Waals surface area contributed by atoms with Crippen LogP contribution in [0, 0.1) is 0 Å². The lowest BCUT2D eigenvalue weighted by molar-refractivity contribution is 0.631. The summed E-state index contributed by atoms with van der Waals surface area (Å²) in [7, 11) is 0. The molecule has 0 radical (unpaired) electrons. The van der Waals surface area contributed by atoms with E-state index in [1.807, 2.05) is 0 Å². The fourth-order valence-electron chi connectivity index (χ4n) is 3.80. The highest BCUT2D eigenvalue weighted by atomic mass is 14.9. The molecule has 6 rings (SSSR count). The monoisotopic (exact) mass is 249 g/mol. The molecule has 0 saturated heterocycles. The fourth-order valence-corrected chi connectivity index (χ4v) is 3.80. The first-order valence-electron chi connectivity index (χ1n) is 7.35. The standard InChI is InChI=1S/C18H19N/c1-2-14-15-5-3-4-6-16(15)18-10-8-12-7-9-13(19-18)11-17(12)14/h3-7,9,11,14,18-19H,2,8,10H2,1H3. The van der Waals surface area contributed by atoms with Crippen LogP contribution in [-0.2, 0) is 6.42 Å². The van der Waals surface area contributed by atoms with E-state index in [1.54, 1.807) is 5.56 Å². The van der Waals surface area contributed by atoms with Crippen molar-refractivity contribution in [3.63, 3.8) is 0 Å². The maximum atomic E-state index is 3.72. The Balaban J connectivity index is 2.04. The summed E-state index contributed by atoms with van der Waals surface area (Å²) in [5.74, 6) is 0.566. The van der Waals surface area contributed by atoms with Crippen molar-refractivity contribution in [2.24, 2.45) is 0 Å². The van der Waals surface area contributed by atoms with Crippen LogP contribution in [-0.4, -0.2) is 0 Å². The van der Waals surface area contributed by atoms with Gasteiger partial charge in [-0.15, -0.1) is 0 Å². The first kappa shape index (κ1) is 11.1. The quantitative estimate of drug-likeness (QED) is 0.776. The lowest BCUT2D eigenvalue weighted by atomic mass is 9.76. The van der Waals surface area contributed by atoms with Gasteiger partial charge >= 0.3 is 0 Å². The molecule has 1 heteroatoms. The van der Waals surface area contributed by atoms with E-state index >= 15 is 0 Å². The lowest BCUT2D eigenvalue weighted by Crippen LogP contribution is -2.22. The second-order valence-electron chi connectivity index (χ2n) is 5.74. The van der Waals surface area contributed by atoms with Crippen LogP contribution in [0.1, 0.15) is 54.0 Å². The number of nitrogens with one attached hydrogen (secondary N) is 1. The number of rotatable bonds is 1. The average molecular weight is 249 g/mol. The molecule has 3 aliphatic heterocycles. The number of hydrogen-bond donors (Lipinski definition) is 1. The number of aryl methyl sites for hydroxylation is 1. The molecule has 4 bridgehead atoms. The summed E-state index contributed by atoms with van der Waals surface area (Å²) < 4.78 is 0. The van der Waals surface area contributed by atoms with Gasteiger partial charge in [-0.05, 0) is 53.6 Å². The highest BCUT2D eigenvalue weighted by Crippen LogP contribution is 2.43. The van der Waals surface area contributed by atoms with Gasteiger partial charge in [0, 0.05) is 11.6 Å². The van der Waals surface area contributed by atoms with Gasteiger partial charge in [0.15, 0.2) is 0 Å². The number of anilines is 1. The Kier molecular flexibility index (Phi) is 2.41. The van der Waals surface area contributed by atoms with Gasteiger partial charge in [-0.1, -0.05) is 37.3 Å². The van der Waals surface area contributed by atoms with Gasteiger partial charge in [0.2, 0.25) is 0 Å². The van der Waals surface area contributed by atoms with Crippen LogP contribution in [0.15, 0.2) is 42.5 Å². The lowest BCUT2D eigenvalue weighted by Gasteiger charge is -2.34. The molecule has 0 spiro atoms. The minimum Gasteiger partial charge on any atom is -0.378 e. The summed E-state index contributed by atoms with van der Waals surface area (Å²) in [5, 5.41) is 3.72. The average Bonchev–Trinajstić information content (AvgIpc) is 2.39. The largest absolute Gasteiger partial charge is 0.378 e. The van der Waals surface area contributed by atoms with E-state index in [-0.39, 0.29) is 0 Å². The van der Waals surface area contributed by atoms with E-state index in [9.17, 15) is 0 Å². The van der Waals surface area contributed by atoms with E-state index in [2.05, 4.69) is 54.7 Å². The maximum Gasteiger partial charge on any atom is 0.0519 e. The Morgan fingerprint density at radius 1 is 1.05 bits per heavy atom. The molecule has 1 nitrogen and oxygen atoms in total. The van der Waals surface area contributed by atoms with Crippen LogP contribution in [0.25, 0.3) is 0 Å². The van der Waals surface area contributed by atoms with Gasteiger partial charge < -0.3 is 5.32 Å². The minimum atomic E-state index is 0.471. The molecule has 19 heavy (non-hydrogen) atoms. The molecule has 0 fully saturated rings. The number of benzene rings is 2. The third-order valence-corrected chi connectivity index (χ3v) is 4.72. The second-order valence-corrected chi connectivity index (χ2v) is 5.74. The predicted octanol–water partition coefficient (Wildman–Crippen LogP) is 4.64. The molecule has 4 aliphatic rings. The molecule has 0 aromatic heterocycles. The Morgan fingerprint density at radius 2 is 1.89 bits per heavy atom. The molecular formula is C18H19N. The Hall–Kier alpha value is -1.76. The van der Waals surface area contributed by atoms with Gasteiger partial charge in [0.05, 0.1) is 6.04 Å². The molecule has 1 N–H and O–H groups in total. The highest BCUT2D eigenvalue weighted by molar-refractivity contribution is 5.58. The summed E-state index contributed by atoms with van der Waals surface area (Å²) >= 11 is 0. The van der Waals surface area contributed by atoms with Crippen LogP contribution in [0.2, 0.25) is 0 Å². The molecule has 0 saturated carbocycles. The van der Waals surface area contributed by atoms with E-state index in [4.69, 9.17) is 0 Å². The zero-order valence-electron chi connectivity index (χ0n) is 11.3. The summed E-state index contributed by atoms with van der Waals surface area (Å²) in [6, 6.07) is 16.4. The van der Waals surface area contributed by atoms with Crippen molar-refractivity contribution in [3.8, 4) is 0 Å². The van der Waals surface area contributed by atoms with E-state index in [0.717, 1.165) is 0 Å². The van der Waals surface area contributed by atoms with Crippen molar-refractivity contribution in [1.82, 2.24) is 0 Å². The SMILES string of the molecule is CCC1c2cc3ccc2CCC(N3)c2ccccc21. The van der Waals surface area contributed by atoms with Crippen molar-refractivity contribution < 1.29 is 0 Å². The highest BCUT2D eigenvalue weighted by Gasteiger charge is 2.28. The molecule has 2 aromatic carbocycles. The fraction of sp³-hybridized carbons (Fsp3) is 0.333. The maximum absolute atomic E-state index is 3.72. The van der Waals surface area contributed by atoms with Crippen LogP contribution in [0.4, 0.5) is 5.69 Å². The van der Waals surface area contributed by atoms with Gasteiger partial charge in [0.1, 0.15) is 0 Å². The normalized spacial score (nSPS) is 23.2. The second kappa shape index (κ2) is 4.12. The zero-order chi connectivity index (χ0) is 12.8. The van der Waals surface area contributed by atoms with Crippen LogP contribution < -0.4 is 5.32 Å². The molecular weight excluding hydrogens is 230 g/mol. The van der Waals surface area contributed by atoms with Gasteiger partial charge in [-0.3, -0.25) is 0 Å². The number of hydrogen-bond acceptors (Lipinski definition) is 1. The Labute approximate surface area is 114 Å². The molecule has 0 amide bonds. The zero-order valence-corrected chi connectivity index (χ0v) is 11.3. The molecule has 1 aliphatic carbocycles. The molecule has 96 valence electrons. The van der Waals surface area contributed by atoms with Gasteiger partial charge in [0.25, 0.3) is 0 Å².